The Kier molecular flexibility index (Phi) is 3.76. The van der Waals surface area contributed by atoms with Crippen LogP contribution in [0.15, 0.2) is 4.99 Å². The summed E-state index contributed by atoms with van der Waals surface area (Å²) in [5.41, 5.74) is 6.09. The highest BCUT2D eigenvalue weighted by Crippen LogP contribution is 2.49. The molecule has 1 heterocycles. The summed E-state index contributed by atoms with van der Waals surface area (Å²) in [6.45, 7) is 3.18. The quantitative estimate of drug-likeness (QED) is 0.617. The number of hydrogen-bond acceptors (Lipinski definition) is 1. The minimum absolute atomic E-state index is 0.804. The Morgan fingerprint density at radius 1 is 1.11 bits per heavy atom. The van der Waals surface area contributed by atoms with Crippen molar-refractivity contribution in [2.75, 3.05) is 19.6 Å². The van der Waals surface area contributed by atoms with E-state index in [1.54, 1.807) is 0 Å². The number of rotatable bonds is 3. The normalized spacial score (nSPS) is 36.3. The van der Waals surface area contributed by atoms with Gasteiger partial charge in [-0.1, -0.05) is 6.42 Å². The van der Waals surface area contributed by atoms with Crippen molar-refractivity contribution in [2.45, 2.75) is 51.4 Å². The van der Waals surface area contributed by atoms with Crippen LogP contribution in [0.3, 0.4) is 0 Å². The molecule has 18 heavy (non-hydrogen) atoms. The fourth-order valence-corrected chi connectivity index (χ4v) is 4.30. The van der Waals surface area contributed by atoms with Crippen LogP contribution >= 0.6 is 0 Å². The summed E-state index contributed by atoms with van der Waals surface area (Å²) in [6, 6.07) is 0. The Labute approximate surface area is 111 Å². The van der Waals surface area contributed by atoms with Crippen molar-refractivity contribution in [2.24, 2.45) is 28.5 Å². The number of hydrogen-bond donors (Lipinski definition) is 1. The van der Waals surface area contributed by atoms with Crippen LogP contribution in [0.2, 0.25) is 0 Å². The van der Waals surface area contributed by atoms with Crippen molar-refractivity contribution in [1.29, 1.82) is 0 Å². The lowest BCUT2D eigenvalue weighted by molar-refractivity contribution is 0.315. The van der Waals surface area contributed by atoms with Gasteiger partial charge in [0.15, 0.2) is 5.96 Å². The molecule has 1 aliphatic heterocycles. The lowest BCUT2D eigenvalue weighted by atomic mass is 9.86. The predicted octanol–water partition coefficient (Wildman–Crippen LogP) is 2.61. The molecule has 0 spiro atoms. The summed E-state index contributed by atoms with van der Waals surface area (Å²) >= 11 is 0. The molecule has 0 amide bonds. The Morgan fingerprint density at radius 3 is 2.61 bits per heavy atom. The van der Waals surface area contributed by atoms with Crippen LogP contribution in [0, 0.1) is 17.8 Å². The Morgan fingerprint density at radius 2 is 1.94 bits per heavy atom. The molecule has 102 valence electrons. The molecule has 2 bridgehead atoms. The second kappa shape index (κ2) is 5.50. The van der Waals surface area contributed by atoms with Crippen LogP contribution in [0.1, 0.15) is 51.4 Å². The van der Waals surface area contributed by atoms with Gasteiger partial charge >= 0.3 is 0 Å². The summed E-state index contributed by atoms with van der Waals surface area (Å²) < 4.78 is 0. The third-order valence-electron chi connectivity index (χ3n) is 5.34. The molecular weight excluding hydrogens is 222 g/mol. The number of likely N-dealkylation sites (tertiary alicyclic amines) is 1. The number of fused-ring (bicyclic) bond motifs is 2. The van der Waals surface area contributed by atoms with Crippen LogP contribution in [-0.2, 0) is 0 Å². The predicted molar refractivity (Wildman–Crippen MR) is 75.5 cm³/mol. The van der Waals surface area contributed by atoms with Gasteiger partial charge in [-0.3, -0.25) is 4.99 Å². The molecule has 0 aromatic heterocycles. The van der Waals surface area contributed by atoms with Gasteiger partial charge in [-0.25, -0.2) is 0 Å². The van der Waals surface area contributed by atoms with Crippen molar-refractivity contribution in [1.82, 2.24) is 4.90 Å². The first-order chi connectivity index (χ1) is 8.83. The van der Waals surface area contributed by atoms with Crippen LogP contribution < -0.4 is 5.73 Å². The summed E-state index contributed by atoms with van der Waals surface area (Å²) in [6.07, 6.45) is 11.2. The molecule has 1 saturated heterocycles. The summed E-state index contributed by atoms with van der Waals surface area (Å²) in [5, 5.41) is 0. The van der Waals surface area contributed by atoms with Crippen LogP contribution in [0.25, 0.3) is 0 Å². The highest BCUT2D eigenvalue weighted by molar-refractivity contribution is 5.78. The number of aliphatic imine (C=N–C) groups is 1. The highest BCUT2D eigenvalue weighted by atomic mass is 15.2. The zero-order chi connectivity index (χ0) is 12.4. The van der Waals surface area contributed by atoms with Crippen molar-refractivity contribution < 1.29 is 0 Å². The fraction of sp³-hybridized carbons (Fsp3) is 0.933. The average molecular weight is 249 g/mol. The molecule has 0 aromatic carbocycles. The molecule has 3 rings (SSSR count). The third kappa shape index (κ3) is 2.65. The Bertz CT molecular complexity index is 307. The molecule has 3 fully saturated rings. The average Bonchev–Trinajstić information content (AvgIpc) is 3.02. The van der Waals surface area contributed by atoms with E-state index >= 15 is 0 Å². The van der Waals surface area contributed by atoms with E-state index in [-0.39, 0.29) is 0 Å². The third-order valence-corrected chi connectivity index (χ3v) is 5.34. The van der Waals surface area contributed by atoms with Gasteiger partial charge in [-0.2, -0.15) is 0 Å². The number of piperidine rings is 1. The molecular formula is C15H27N3. The van der Waals surface area contributed by atoms with Gasteiger partial charge in [-0.15, -0.1) is 0 Å². The van der Waals surface area contributed by atoms with Gasteiger partial charge in [-0.05, 0) is 62.7 Å². The van der Waals surface area contributed by atoms with Crippen molar-refractivity contribution in [3.63, 3.8) is 0 Å². The second-order valence-corrected chi connectivity index (χ2v) is 6.51. The minimum Gasteiger partial charge on any atom is -0.370 e. The van der Waals surface area contributed by atoms with E-state index in [4.69, 9.17) is 5.73 Å². The van der Waals surface area contributed by atoms with E-state index in [9.17, 15) is 0 Å². The van der Waals surface area contributed by atoms with E-state index in [0.717, 1.165) is 43.3 Å². The molecule has 3 heteroatoms. The van der Waals surface area contributed by atoms with Crippen LogP contribution in [0.4, 0.5) is 0 Å². The van der Waals surface area contributed by atoms with Crippen LogP contribution in [0.5, 0.6) is 0 Å². The highest BCUT2D eigenvalue weighted by Gasteiger charge is 2.38. The maximum absolute atomic E-state index is 6.09. The van der Waals surface area contributed by atoms with Gasteiger partial charge in [0.2, 0.25) is 0 Å². The van der Waals surface area contributed by atoms with Crippen LogP contribution in [-0.4, -0.2) is 30.5 Å². The molecule has 0 radical (unpaired) electrons. The molecule has 3 aliphatic rings. The summed E-state index contributed by atoms with van der Waals surface area (Å²) in [5.74, 6) is 3.85. The molecule has 3 nitrogen and oxygen atoms in total. The SMILES string of the molecule is NC(=NCCC1CC2CCC1C2)N1CCCCC1. The van der Waals surface area contributed by atoms with Gasteiger partial charge in [0.25, 0.3) is 0 Å². The lowest BCUT2D eigenvalue weighted by Crippen LogP contribution is -2.41. The van der Waals surface area contributed by atoms with E-state index in [1.165, 1.54) is 51.4 Å². The fourth-order valence-electron chi connectivity index (χ4n) is 4.30. The van der Waals surface area contributed by atoms with Crippen molar-refractivity contribution in [3.05, 3.63) is 0 Å². The maximum atomic E-state index is 6.09. The zero-order valence-corrected chi connectivity index (χ0v) is 11.5. The molecule has 3 unspecified atom stereocenters. The minimum atomic E-state index is 0.804. The lowest BCUT2D eigenvalue weighted by Gasteiger charge is -2.27. The van der Waals surface area contributed by atoms with Gasteiger partial charge in [0, 0.05) is 19.6 Å². The number of nitrogens with zero attached hydrogens (tertiary/aromatic N) is 2. The number of guanidine groups is 1. The van der Waals surface area contributed by atoms with E-state index in [0.29, 0.717) is 0 Å². The summed E-state index contributed by atoms with van der Waals surface area (Å²) in [7, 11) is 0. The topological polar surface area (TPSA) is 41.6 Å². The Balaban J connectivity index is 1.42. The standard InChI is InChI=1S/C15H27N3/c16-15(18-8-2-1-3-9-18)17-7-6-14-11-12-4-5-13(14)10-12/h12-14H,1-11H2,(H2,16,17). The first-order valence-electron chi connectivity index (χ1n) is 7.88. The first-order valence-corrected chi connectivity index (χ1v) is 7.88. The summed E-state index contributed by atoms with van der Waals surface area (Å²) in [4.78, 5) is 6.88. The van der Waals surface area contributed by atoms with E-state index in [1.807, 2.05) is 0 Å². The molecule has 2 aliphatic carbocycles. The molecule has 3 atom stereocenters. The molecule has 2 N–H and O–H groups in total. The monoisotopic (exact) mass is 249 g/mol. The second-order valence-electron chi connectivity index (χ2n) is 6.51. The Hall–Kier alpha value is -0.730. The van der Waals surface area contributed by atoms with Crippen molar-refractivity contribution >= 4 is 5.96 Å². The van der Waals surface area contributed by atoms with Gasteiger partial charge in [0.05, 0.1) is 0 Å². The zero-order valence-electron chi connectivity index (χ0n) is 11.5. The van der Waals surface area contributed by atoms with Crippen molar-refractivity contribution in [3.8, 4) is 0 Å². The molecule has 2 saturated carbocycles. The van der Waals surface area contributed by atoms with E-state index < -0.39 is 0 Å². The molecule has 0 aromatic rings. The first kappa shape index (κ1) is 12.3. The number of nitrogens with two attached hydrogens (primary N) is 1. The maximum Gasteiger partial charge on any atom is 0.191 e. The largest absolute Gasteiger partial charge is 0.370 e. The van der Waals surface area contributed by atoms with Gasteiger partial charge in [0.1, 0.15) is 0 Å². The van der Waals surface area contributed by atoms with E-state index in [2.05, 4.69) is 9.89 Å². The smallest absolute Gasteiger partial charge is 0.191 e. The van der Waals surface area contributed by atoms with Gasteiger partial charge < -0.3 is 10.6 Å².